The summed E-state index contributed by atoms with van der Waals surface area (Å²) in [5.41, 5.74) is 1.64. The van der Waals surface area contributed by atoms with Crippen LogP contribution < -0.4 is 10.1 Å². The number of rotatable bonds is 6. The number of carbonyl (C=O) groups excluding carboxylic acids is 2. The normalized spacial score (nSPS) is 15.7. The number of benzene rings is 1. The average molecular weight is 381 g/mol. The van der Waals surface area contributed by atoms with Gasteiger partial charge in [0.1, 0.15) is 5.75 Å². The number of hydrogen-bond donors (Lipinski definition) is 1. The second-order valence-electron chi connectivity index (χ2n) is 7.71. The van der Waals surface area contributed by atoms with Gasteiger partial charge in [0.05, 0.1) is 5.41 Å². The van der Waals surface area contributed by atoms with Crippen LogP contribution in [0.4, 0.5) is 0 Å². The maximum Gasteiger partial charge on any atom is 0.258 e. The van der Waals surface area contributed by atoms with E-state index in [-0.39, 0.29) is 24.5 Å². The fraction of sp³-hybridized carbons (Fsp3) is 0.600. The summed E-state index contributed by atoms with van der Waals surface area (Å²) in [5.74, 6) is 0.985. The van der Waals surface area contributed by atoms with Gasteiger partial charge in [-0.25, -0.2) is 0 Å². The van der Waals surface area contributed by atoms with E-state index in [0.29, 0.717) is 19.0 Å². The first-order valence-electron chi connectivity index (χ1n) is 9.07. The molecule has 0 unspecified atom stereocenters. The van der Waals surface area contributed by atoms with Crippen LogP contribution >= 0.6 is 11.6 Å². The van der Waals surface area contributed by atoms with Crippen molar-refractivity contribution in [1.82, 2.24) is 10.2 Å². The van der Waals surface area contributed by atoms with Crippen molar-refractivity contribution in [3.05, 3.63) is 29.3 Å². The summed E-state index contributed by atoms with van der Waals surface area (Å²) in [4.78, 5) is 26.4. The molecule has 26 heavy (non-hydrogen) atoms. The largest absolute Gasteiger partial charge is 0.484 e. The third-order valence-corrected chi connectivity index (χ3v) is 5.42. The lowest BCUT2D eigenvalue weighted by molar-refractivity contribution is -0.140. The number of aryl methyl sites for hydroxylation is 2. The summed E-state index contributed by atoms with van der Waals surface area (Å²) in [6.45, 7) is 9.00. The third kappa shape index (κ3) is 5.37. The number of ether oxygens (including phenoxy) is 1. The maximum absolute atomic E-state index is 12.4. The number of amides is 2. The Labute approximate surface area is 161 Å². The van der Waals surface area contributed by atoms with Crippen molar-refractivity contribution in [2.45, 2.75) is 46.6 Å². The highest BCUT2D eigenvalue weighted by molar-refractivity contribution is 6.19. The summed E-state index contributed by atoms with van der Waals surface area (Å²) >= 11 is 5.89. The van der Waals surface area contributed by atoms with Crippen LogP contribution in [0, 0.1) is 19.3 Å². The van der Waals surface area contributed by atoms with Gasteiger partial charge in [0.2, 0.25) is 5.91 Å². The lowest BCUT2D eigenvalue weighted by Crippen LogP contribution is -2.50. The number of nitrogens with one attached hydrogen (secondary N) is 1. The van der Waals surface area contributed by atoms with Gasteiger partial charge in [0, 0.05) is 25.0 Å². The van der Waals surface area contributed by atoms with Gasteiger partial charge in [-0.2, -0.15) is 0 Å². The first kappa shape index (κ1) is 20.6. The Morgan fingerprint density at radius 1 is 1.27 bits per heavy atom. The van der Waals surface area contributed by atoms with E-state index in [1.807, 2.05) is 50.8 Å². The van der Waals surface area contributed by atoms with E-state index < -0.39 is 5.41 Å². The number of halogens is 1. The zero-order chi connectivity index (χ0) is 19.3. The van der Waals surface area contributed by atoms with Gasteiger partial charge < -0.3 is 15.0 Å². The number of carbonyl (C=O) groups is 2. The van der Waals surface area contributed by atoms with Gasteiger partial charge >= 0.3 is 0 Å². The quantitative estimate of drug-likeness (QED) is 0.771. The van der Waals surface area contributed by atoms with E-state index in [1.54, 1.807) is 0 Å². The molecule has 0 saturated carbocycles. The molecule has 5 nitrogen and oxygen atoms in total. The Morgan fingerprint density at radius 3 is 2.50 bits per heavy atom. The molecule has 0 aliphatic carbocycles. The van der Waals surface area contributed by atoms with Crippen molar-refractivity contribution in [1.29, 1.82) is 0 Å². The molecule has 2 rings (SSSR count). The molecule has 6 heteroatoms. The summed E-state index contributed by atoms with van der Waals surface area (Å²) in [6.07, 6.45) is 1.50. The van der Waals surface area contributed by atoms with E-state index in [9.17, 15) is 9.59 Å². The van der Waals surface area contributed by atoms with Crippen LogP contribution in [-0.2, 0) is 9.59 Å². The van der Waals surface area contributed by atoms with Crippen LogP contribution in [0.2, 0.25) is 0 Å². The minimum Gasteiger partial charge on any atom is -0.484 e. The van der Waals surface area contributed by atoms with Crippen molar-refractivity contribution in [3.63, 3.8) is 0 Å². The summed E-state index contributed by atoms with van der Waals surface area (Å²) in [5, 5.41) is 3.00. The number of likely N-dealkylation sites (tertiary alicyclic amines) is 1. The van der Waals surface area contributed by atoms with Gasteiger partial charge in [-0.15, -0.1) is 11.6 Å². The molecule has 1 heterocycles. The van der Waals surface area contributed by atoms with Crippen LogP contribution in [0.5, 0.6) is 5.75 Å². The van der Waals surface area contributed by atoms with Crippen molar-refractivity contribution in [2.24, 2.45) is 5.41 Å². The van der Waals surface area contributed by atoms with Gasteiger partial charge in [-0.3, -0.25) is 9.59 Å². The topological polar surface area (TPSA) is 58.6 Å². The Morgan fingerprint density at radius 2 is 1.92 bits per heavy atom. The first-order valence-corrected chi connectivity index (χ1v) is 9.61. The minimum atomic E-state index is -0.544. The number of nitrogens with zero attached hydrogens (tertiary/aromatic N) is 1. The highest BCUT2D eigenvalue weighted by Gasteiger charge is 2.33. The van der Waals surface area contributed by atoms with Gasteiger partial charge in [0.15, 0.2) is 6.61 Å². The van der Waals surface area contributed by atoms with E-state index in [0.717, 1.165) is 29.7 Å². The lowest BCUT2D eigenvalue weighted by atomic mass is 9.92. The van der Waals surface area contributed by atoms with E-state index in [4.69, 9.17) is 16.3 Å². The van der Waals surface area contributed by atoms with Gasteiger partial charge in [-0.05, 0) is 52.2 Å². The molecule has 2 amide bonds. The zero-order valence-electron chi connectivity index (χ0n) is 16.1. The monoisotopic (exact) mass is 380 g/mol. The summed E-state index contributed by atoms with van der Waals surface area (Å²) < 4.78 is 5.62. The Bertz CT molecular complexity index is 652. The molecule has 1 aromatic rings. The van der Waals surface area contributed by atoms with Crippen molar-refractivity contribution >= 4 is 23.4 Å². The van der Waals surface area contributed by atoms with Gasteiger partial charge in [-0.1, -0.05) is 17.7 Å². The van der Waals surface area contributed by atoms with Gasteiger partial charge in [0.25, 0.3) is 5.91 Å². The van der Waals surface area contributed by atoms with Crippen molar-refractivity contribution in [3.8, 4) is 5.75 Å². The predicted molar refractivity (Wildman–Crippen MR) is 104 cm³/mol. The molecular formula is C20H29ClN2O3. The Balaban J connectivity index is 1.76. The molecule has 0 spiro atoms. The minimum absolute atomic E-state index is 0.00231. The SMILES string of the molecule is Cc1ccc(OCC(=O)NC2CCN(C(=O)C(C)(C)CCl)CC2)c(C)c1. The summed E-state index contributed by atoms with van der Waals surface area (Å²) in [6, 6.07) is 5.96. The van der Waals surface area contributed by atoms with Crippen LogP contribution in [0.3, 0.4) is 0 Å². The molecule has 1 aliphatic heterocycles. The highest BCUT2D eigenvalue weighted by Crippen LogP contribution is 2.23. The number of alkyl halides is 1. The molecule has 1 aliphatic rings. The molecule has 0 bridgehead atoms. The first-order chi connectivity index (χ1) is 12.2. The average Bonchev–Trinajstić information content (AvgIpc) is 2.61. The second kappa shape index (κ2) is 8.76. The smallest absolute Gasteiger partial charge is 0.258 e. The zero-order valence-corrected chi connectivity index (χ0v) is 16.9. The second-order valence-corrected chi connectivity index (χ2v) is 7.98. The van der Waals surface area contributed by atoms with Crippen molar-refractivity contribution in [2.75, 3.05) is 25.6 Å². The van der Waals surface area contributed by atoms with Crippen molar-refractivity contribution < 1.29 is 14.3 Å². The Kier molecular flexibility index (Phi) is 6.93. The molecule has 1 fully saturated rings. The number of hydrogen-bond acceptors (Lipinski definition) is 3. The van der Waals surface area contributed by atoms with Crippen LogP contribution in [-0.4, -0.2) is 48.3 Å². The molecule has 0 aromatic heterocycles. The Hall–Kier alpha value is -1.75. The predicted octanol–water partition coefficient (Wildman–Crippen LogP) is 3.05. The summed E-state index contributed by atoms with van der Waals surface area (Å²) in [7, 11) is 0. The molecule has 1 aromatic carbocycles. The maximum atomic E-state index is 12.4. The van der Waals surface area contributed by atoms with Crippen LogP contribution in [0.1, 0.15) is 37.8 Å². The standard InChI is InChI=1S/C20H29ClN2O3/c1-14-5-6-17(15(2)11-14)26-12-18(24)22-16-7-9-23(10-8-16)19(25)20(3,4)13-21/h5-6,11,16H,7-10,12-13H2,1-4H3,(H,22,24). The van der Waals surface area contributed by atoms with E-state index >= 15 is 0 Å². The molecule has 1 N–H and O–H groups in total. The molecule has 1 saturated heterocycles. The third-order valence-electron chi connectivity index (χ3n) is 4.75. The van der Waals surface area contributed by atoms with Crippen LogP contribution in [0.25, 0.3) is 0 Å². The lowest BCUT2D eigenvalue weighted by Gasteiger charge is -2.36. The van der Waals surface area contributed by atoms with Crippen LogP contribution in [0.15, 0.2) is 18.2 Å². The fourth-order valence-electron chi connectivity index (χ4n) is 3.09. The number of piperidine rings is 1. The molecular weight excluding hydrogens is 352 g/mol. The molecule has 0 atom stereocenters. The molecule has 144 valence electrons. The highest BCUT2D eigenvalue weighted by atomic mass is 35.5. The van der Waals surface area contributed by atoms with E-state index in [2.05, 4.69) is 5.32 Å². The fourth-order valence-corrected chi connectivity index (χ4v) is 3.20. The van der Waals surface area contributed by atoms with E-state index in [1.165, 1.54) is 0 Å². The molecule has 0 radical (unpaired) electrons.